The number of amides is 1. The number of rotatable bonds is 6. The van der Waals surface area contributed by atoms with Gasteiger partial charge < -0.3 is 15.2 Å². The van der Waals surface area contributed by atoms with Gasteiger partial charge in [0.05, 0.1) is 28.0 Å². The molecule has 0 aliphatic carbocycles. The van der Waals surface area contributed by atoms with Crippen LogP contribution in [0.5, 0.6) is 0 Å². The van der Waals surface area contributed by atoms with Crippen molar-refractivity contribution < 1.29 is 13.6 Å². The number of fused-ring (bicyclic) bond motifs is 1. The molecule has 0 saturated heterocycles. The summed E-state index contributed by atoms with van der Waals surface area (Å²) in [5.74, 6) is 0.142. The number of carbonyl (C=O) groups excluding carboxylic acids is 1. The Kier molecular flexibility index (Phi) is 5.91. The van der Waals surface area contributed by atoms with E-state index in [2.05, 4.69) is 25.3 Å². The number of aromatic amines is 1. The maximum atomic E-state index is 13.4. The van der Waals surface area contributed by atoms with Crippen LogP contribution in [0.25, 0.3) is 33.5 Å². The lowest BCUT2D eigenvalue weighted by Crippen LogP contribution is -2.11. The highest BCUT2D eigenvalue weighted by molar-refractivity contribution is 6.02. The summed E-state index contributed by atoms with van der Waals surface area (Å²) in [7, 11) is 3.93. The third kappa shape index (κ3) is 4.33. The van der Waals surface area contributed by atoms with E-state index in [0.29, 0.717) is 34.8 Å². The lowest BCUT2D eigenvalue weighted by molar-refractivity contribution is -0.114. The molecule has 0 aliphatic heterocycles. The van der Waals surface area contributed by atoms with Crippen LogP contribution in [0.4, 0.5) is 14.6 Å². The summed E-state index contributed by atoms with van der Waals surface area (Å²) in [6.45, 7) is 2.07. The predicted molar refractivity (Wildman–Crippen MR) is 119 cm³/mol. The lowest BCUT2D eigenvalue weighted by atomic mass is 10.0. The SMILES string of the molecule is CC(=O)Nc1cc(-c2[nH]c3c(CN(C)C)ccnc3c2-c2cccc(C(F)F)n2)ccn1. The minimum atomic E-state index is -2.69. The second-order valence-electron chi connectivity index (χ2n) is 7.67. The molecule has 32 heavy (non-hydrogen) atoms. The van der Waals surface area contributed by atoms with Gasteiger partial charge in [-0.2, -0.15) is 0 Å². The zero-order chi connectivity index (χ0) is 22.8. The first-order chi connectivity index (χ1) is 15.3. The van der Waals surface area contributed by atoms with Crippen LogP contribution in [0.1, 0.15) is 24.6 Å². The minimum Gasteiger partial charge on any atom is -0.352 e. The number of nitrogens with one attached hydrogen (secondary N) is 2. The maximum absolute atomic E-state index is 13.4. The average molecular weight is 436 g/mol. The van der Waals surface area contributed by atoms with Crippen molar-refractivity contribution in [2.75, 3.05) is 19.4 Å². The number of hydrogen-bond acceptors (Lipinski definition) is 5. The molecular formula is C23H22F2N6O. The van der Waals surface area contributed by atoms with E-state index in [-0.39, 0.29) is 11.6 Å². The van der Waals surface area contributed by atoms with Gasteiger partial charge in [-0.05, 0) is 50.0 Å². The Balaban J connectivity index is 1.98. The largest absolute Gasteiger partial charge is 0.352 e. The number of anilines is 1. The van der Waals surface area contributed by atoms with Crippen molar-refractivity contribution in [1.29, 1.82) is 0 Å². The van der Waals surface area contributed by atoms with E-state index in [9.17, 15) is 13.6 Å². The molecule has 0 saturated carbocycles. The fourth-order valence-electron chi connectivity index (χ4n) is 3.62. The molecule has 9 heteroatoms. The minimum absolute atomic E-state index is 0.243. The van der Waals surface area contributed by atoms with Crippen LogP contribution < -0.4 is 5.32 Å². The van der Waals surface area contributed by atoms with Crippen LogP contribution in [0, 0.1) is 0 Å². The smallest absolute Gasteiger partial charge is 0.280 e. The number of carbonyl (C=O) groups is 1. The molecule has 2 N–H and O–H groups in total. The molecule has 7 nitrogen and oxygen atoms in total. The Morgan fingerprint density at radius 1 is 1.16 bits per heavy atom. The Bertz CT molecular complexity index is 1280. The van der Waals surface area contributed by atoms with Gasteiger partial charge in [-0.1, -0.05) is 6.07 Å². The molecular weight excluding hydrogens is 414 g/mol. The zero-order valence-corrected chi connectivity index (χ0v) is 17.9. The molecule has 1 amide bonds. The van der Waals surface area contributed by atoms with E-state index >= 15 is 0 Å². The van der Waals surface area contributed by atoms with Gasteiger partial charge in [-0.15, -0.1) is 0 Å². The number of alkyl halides is 2. The predicted octanol–water partition coefficient (Wildman–Crippen LogP) is 4.64. The number of pyridine rings is 3. The lowest BCUT2D eigenvalue weighted by Gasteiger charge is -2.10. The van der Waals surface area contributed by atoms with Gasteiger partial charge in [-0.3, -0.25) is 9.78 Å². The Morgan fingerprint density at radius 2 is 1.94 bits per heavy atom. The van der Waals surface area contributed by atoms with Gasteiger partial charge in [0.25, 0.3) is 6.43 Å². The van der Waals surface area contributed by atoms with Gasteiger partial charge in [-0.25, -0.2) is 18.7 Å². The second kappa shape index (κ2) is 8.80. The van der Waals surface area contributed by atoms with Crippen molar-refractivity contribution in [3.8, 4) is 22.5 Å². The molecule has 0 bridgehead atoms. The quantitative estimate of drug-likeness (QED) is 0.460. The summed E-state index contributed by atoms with van der Waals surface area (Å²) in [4.78, 5) is 29.9. The van der Waals surface area contributed by atoms with Crippen molar-refractivity contribution in [1.82, 2.24) is 24.8 Å². The van der Waals surface area contributed by atoms with Crippen LogP contribution >= 0.6 is 0 Å². The van der Waals surface area contributed by atoms with E-state index in [1.54, 1.807) is 36.7 Å². The molecule has 0 aromatic carbocycles. The molecule has 164 valence electrons. The summed E-state index contributed by atoms with van der Waals surface area (Å²) in [6.07, 6.45) is 0.592. The zero-order valence-electron chi connectivity index (χ0n) is 17.9. The van der Waals surface area contributed by atoms with Crippen LogP contribution in [0.2, 0.25) is 0 Å². The Hall–Kier alpha value is -3.72. The first-order valence-corrected chi connectivity index (χ1v) is 9.97. The van der Waals surface area contributed by atoms with E-state index in [1.165, 1.54) is 13.0 Å². The molecule has 4 aromatic rings. The number of aromatic nitrogens is 4. The monoisotopic (exact) mass is 436 g/mol. The van der Waals surface area contributed by atoms with Crippen molar-refractivity contribution >= 4 is 22.8 Å². The molecule has 0 radical (unpaired) electrons. The van der Waals surface area contributed by atoms with Gasteiger partial charge in [0, 0.05) is 31.4 Å². The fraction of sp³-hybridized carbons (Fsp3) is 0.217. The third-order valence-electron chi connectivity index (χ3n) is 4.86. The first-order valence-electron chi connectivity index (χ1n) is 9.97. The van der Waals surface area contributed by atoms with Crippen LogP contribution in [-0.2, 0) is 11.3 Å². The van der Waals surface area contributed by atoms with Crippen molar-refractivity contribution in [3.63, 3.8) is 0 Å². The topological polar surface area (TPSA) is 86.8 Å². The van der Waals surface area contributed by atoms with Crippen LogP contribution in [0.3, 0.4) is 0 Å². The van der Waals surface area contributed by atoms with Gasteiger partial charge >= 0.3 is 0 Å². The van der Waals surface area contributed by atoms with Crippen LogP contribution in [-0.4, -0.2) is 44.8 Å². The summed E-state index contributed by atoms with van der Waals surface area (Å²) in [6, 6.07) is 9.97. The van der Waals surface area contributed by atoms with Gasteiger partial charge in [0.15, 0.2) is 0 Å². The molecule has 4 aromatic heterocycles. The molecule has 0 fully saturated rings. The highest BCUT2D eigenvalue weighted by Gasteiger charge is 2.21. The number of hydrogen-bond donors (Lipinski definition) is 2. The maximum Gasteiger partial charge on any atom is 0.280 e. The standard InChI is InChI=1S/C23H22F2N6O/c1-13(32)28-18-11-14(7-9-26-18)20-19(16-5-4-6-17(29-16)23(24)25)22-21(30-20)15(8-10-27-22)12-31(2)3/h4-11,23,30H,12H2,1-3H3,(H,26,28,32). The number of H-pyrrole nitrogens is 1. The fourth-order valence-corrected chi connectivity index (χ4v) is 3.62. The summed E-state index contributed by atoms with van der Waals surface area (Å²) in [5, 5.41) is 2.67. The Labute approximate surface area is 183 Å². The van der Waals surface area contributed by atoms with E-state index in [4.69, 9.17) is 0 Å². The highest BCUT2D eigenvalue weighted by atomic mass is 19.3. The van der Waals surface area contributed by atoms with Crippen LogP contribution in [0.15, 0.2) is 48.8 Å². The third-order valence-corrected chi connectivity index (χ3v) is 4.86. The summed E-state index contributed by atoms with van der Waals surface area (Å²) < 4.78 is 26.7. The highest BCUT2D eigenvalue weighted by Crippen LogP contribution is 2.38. The van der Waals surface area contributed by atoms with Crippen molar-refractivity contribution in [2.45, 2.75) is 19.9 Å². The summed E-state index contributed by atoms with van der Waals surface area (Å²) >= 11 is 0. The second-order valence-corrected chi connectivity index (χ2v) is 7.67. The summed E-state index contributed by atoms with van der Waals surface area (Å²) in [5.41, 5.74) is 4.52. The van der Waals surface area contributed by atoms with Crippen molar-refractivity contribution in [3.05, 3.63) is 60.0 Å². The van der Waals surface area contributed by atoms with E-state index in [1.807, 2.05) is 25.1 Å². The molecule has 0 unspecified atom stereocenters. The molecule has 0 atom stereocenters. The normalized spacial score (nSPS) is 11.5. The van der Waals surface area contributed by atoms with E-state index in [0.717, 1.165) is 16.6 Å². The molecule has 0 aliphatic rings. The molecule has 4 heterocycles. The average Bonchev–Trinajstić information content (AvgIpc) is 3.14. The van der Waals surface area contributed by atoms with Gasteiger partial charge in [0.2, 0.25) is 5.91 Å². The molecule has 4 rings (SSSR count). The number of nitrogens with zero attached hydrogens (tertiary/aromatic N) is 4. The van der Waals surface area contributed by atoms with Gasteiger partial charge in [0.1, 0.15) is 11.5 Å². The van der Waals surface area contributed by atoms with Crippen molar-refractivity contribution in [2.24, 2.45) is 0 Å². The first kappa shape index (κ1) is 21.5. The van der Waals surface area contributed by atoms with E-state index < -0.39 is 6.43 Å². The number of halogens is 2. The molecule has 0 spiro atoms. The Morgan fingerprint density at radius 3 is 2.66 bits per heavy atom.